The average molecular weight is 273 g/mol. The summed E-state index contributed by atoms with van der Waals surface area (Å²) in [4.78, 5) is 0. The summed E-state index contributed by atoms with van der Waals surface area (Å²) in [6.07, 6.45) is 8.21. The lowest BCUT2D eigenvalue weighted by atomic mass is 9.43. The van der Waals surface area contributed by atoms with Crippen LogP contribution in [0, 0.1) is 5.41 Å². The topological polar surface area (TPSA) is 21.3 Å². The third kappa shape index (κ3) is 2.24. The summed E-state index contributed by atoms with van der Waals surface area (Å²) in [6, 6.07) is 8.62. The first-order chi connectivity index (χ1) is 9.74. The van der Waals surface area contributed by atoms with E-state index in [9.17, 15) is 0 Å². The lowest BCUT2D eigenvalue weighted by molar-refractivity contribution is -0.0490. The van der Waals surface area contributed by atoms with Crippen molar-refractivity contribution < 1.29 is 4.74 Å². The number of nitrogens with one attached hydrogen (secondary N) is 1. The van der Waals surface area contributed by atoms with Crippen LogP contribution < -0.4 is 10.1 Å². The fraction of sp³-hybridized carbons (Fsp3) is 0.667. The maximum Gasteiger partial charge on any atom is 0.122 e. The SMILES string of the molecule is CCCNCC1(c2ccccc2OC)CC2(CCC2)C1. The minimum atomic E-state index is 0.308. The molecule has 0 aliphatic heterocycles. The Morgan fingerprint density at radius 2 is 1.95 bits per heavy atom. The molecule has 0 heterocycles. The van der Waals surface area contributed by atoms with E-state index in [1.54, 1.807) is 7.11 Å². The molecule has 0 saturated heterocycles. The van der Waals surface area contributed by atoms with Gasteiger partial charge in [0.15, 0.2) is 0 Å². The highest BCUT2D eigenvalue weighted by atomic mass is 16.5. The van der Waals surface area contributed by atoms with E-state index in [0.29, 0.717) is 10.8 Å². The van der Waals surface area contributed by atoms with Crippen LogP contribution in [0.25, 0.3) is 0 Å². The second kappa shape index (κ2) is 5.40. The minimum Gasteiger partial charge on any atom is -0.496 e. The van der Waals surface area contributed by atoms with Crippen LogP contribution >= 0.6 is 0 Å². The van der Waals surface area contributed by atoms with Crippen molar-refractivity contribution >= 4 is 0 Å². The molecule has 2 heteroatoms. The highest BCUT2D eigenvalue weighted by Gasteiger charge is 2.57. The number of rotatable bonds is 6. The Balaban J connectivity index is 1.82. The van der Waals surface area contributed by atoms with Crippen molar-refractivity contribution in [3.63, 3.8) is 0 Å². The van der Waals surface area contributed by atoms with Crippen molar-refractivity contribution in [1.82, 2.24) is 5.32 Å². The monoisotopic (exact) mass is 273 g/mol. The van der Waals surface area contributed by atoms with Gasteiger partial charge in [-0.3, -0.25) is 0 Å². The predicted octanol–water partition coefficient (Wildman–Crippen LogP) is 3.90. The van der Waals surface area contributed by atoms with Crippen LogP contribution in [0.15, 0.2) is 24.3 Å². The van der Waals surface area contributed by atoms with Crippen LogP contribution in [0.1, 0.15) is 51.0 Å². The van der Waals surface area contributed by atoms with E-state index in [0.717, 1.165) is 18.8 Å². The van der Waals surface area contributed by atoms with Crippen LogP contribution in [0.4, 0.5) is 0 Å². The predicted molar refractivity (Wildman–Crippen MR) is 83.4 cm³/mol. The quantitative estimate of drug-likeness (QED) is 0.794. The van der Waals surface area contributed by atoms with Gasteiger partial charge < -0.3 is 10.1 Å². The van der Waals surface area contributed by atoms with Crippen molar-refractivity contribution in [3.05, 3.63) is 29.8 Å². The van der Waals surface area contributed by atoms with Gasteiger partial charge in [-0.25, -0.2) is 0 Å². The van der Waals surface area contributed by atoms with E-state index >= 15 is 0 Å². The molecular formula is C18H27NO. The molecule has 1 aromatic carbocycles. The molecule has 2 saturated carbocycles. The fourth-order valence-electron chi connectivity index (χ4n) is 4.41. The molecule has 2 aliphatic carbocycles. The van der Waals surface area contributed by atoms with Crippen molar-refractivity contribution in [2.24, 2.45) is 5.41 Å². The first-order valence-electron chi connectivity index (χ1n) is 8.08. The summed E-state index contributed by atoms with van der Waals surface area (Å²) in [5.41, 5.74) is 2.40. The zero-order valence-corrected chi connectivity index (χ0v) is 12.9. The summed E-state index contributed by atoms with van der Waals surface area (Å²) in [5, 5.41) is 3.66. The Hall–Kier alpha value is -1.02. The van der Waals surface area contributed by atoms with Crippen LogP contribution in [-0.2, 0) is 5.41 Å². The normalized spacial score (nSPS) is 22.1. The Kier molecular flexibility index (Phi) is 3.76. The molecular weight excluding hydrogens is 246 g/mol. The van der Waals surface area contributed by atoms with Gasteiger partial charge in [-0.05, 0) is 50.1 Å². The molecule has 1 spiro atoms. The van der Waals surface area contributed by atoms with Crippen LogP contribution in [0.3, 0.4) is 0 Å². The van der Waals surface area contributed by atoms with Crippen LogP contribution in [0.5, 0.6) is 5.75 Å². The second-order valence-electron chi connectivity index (χ2n) is 6.86. The molecule has 0 unspecified atom stereocenters. The fourth-order valence-corrected chi connectivity index (χ4v) is 4.41. The molecule has 2 nitrogen and oxygen atoms in total. The van der Waals surface area contributed by atoms with Crippen LogP contribution in [0.2, 0.25) is 0 Å². The number of methoxy groups -OCH3 is 1. The Morgan fingerprint density at radius 3 is 2.55 bits per heavy atom. The average Bonchev–Trinajstić information content (AvgIpc) is 2.40. The van der Waals surface area contributed by atoms with Crippen molar-refractivity contribution in [3.8, 4) is 5.75 Å². The Morgan fingerprint density at radius 1 is 1.20 bits per heavy atom. The smallest absolute Gasteiger partial charge is 0.122 e. The van der Waals surface area contributed by atoms with Gasteiger partial charge in [0.25, 0.3) is 0 Å². The molecule has 0 atom stereocenters. The Labute approximate surface area is 122 Å². The molecule has 1 N–H and O–H groups in total. The molecule has 0 amide bonds. The number of hydrogen-bond donors (Lipinski definition) is 1. The standard InChI is InChI=1S/C18H27NO/c1-3-11-19-14-18(12-17(13-18)9-6-10-17)15-7-4-5-8-16(15)20-2/h4-5,7-8,19H,3,6,9-14H2,1-2H3. The molecule has 2 fully saturated rings. The summed E-state index contributed by atoms with van der Waals surface area (Å²) in [7, 11) is 1.80. The van der Waals surface area contributed by atoms with Crippen molar-refractivity contribution in [1.29, 1.82) is 0 Å². The van der Waals surface area contributed by atoms with Gasteiger partial charge in [-0.2, -0.15) is 0 Å². The van der Waals surface area contributed by atoms with Gasteiger partial charge in [0.05, 0.1) is 7.11 Å². The Bertz CT molecular complexity index is 456. The molecule has 0 radical (unpaired) electrons. The first-order valence-corrected chi connectivity index (χ1v) is 8.08. The van der Waals surface area contributed by atoms with E-state index in [-0.39, 0.29) is 0 Å². The minimum absolute atomic E-state index is 0.308. The number of para-hydroxylation sites is 1. The largest absolute Gasteiger partial charge is 0.496 e. The highest BCUT2D eigenvalue weighted by Crippen LogP contribution is 2.65. The summed E-state index contributed by atoms with van der Waals surface area (Å²) < 4.78 is 5.63. The summed E-state index contributed by atoms with van der Waals surface area (Å²) in [5.74, 6) is 1.07. The van der Waals surface area contributed by atoms with Gasteiger partial charge in [-0.15, -0.1) is 0 Å². The molecule has 2 aliphatic rings. The zero-order chi connectivity index (χ0) is 14.1. The lowest BCUT2D eigenvalue weighted by Crippen LogP contribution is -2.57. The van der Waals surface area contributed by atoms with E-state index in [2.05, 4.69) is 36.5 Å². The molecule has 110 valence electrons. The second-order valence-corrected chi connectivity index (χ2v) is 6.86. The number of benzene rings is 1. The lowest BCUT2D eigenvalue weighted by Gasteiger charge is -2.62. The number of ether oxygens (including phenoxy) is 1. The van der Waals surface area contributed by atoms with Gasteiger partial charge >= 0.3 is 0 Å². The van der Waals surface area contributed by atoms with Crippen molar-refractivity contribution in [2.75, 3.05) is 20.2 Å². The third-order valence-corrected chi connectivity index (χ3v) is 5.41. The summed E-state index contributed by atoms with van der Waals surface area (Å²) >= 11 is 0. The van der Waals surface area contributed by atoms with E-state index < -0.39 is 0 Å². The highest BCUT2D eigenvalue weighted by molar-refractivity contribution is 5.43. The summed E-state index contributed by atoms with van der Waals surface area (Å²) in [6.45, 7) is 4.45. The zero-order valence-electron chi connectivity index (χ0n) is 12.9. The third-order valence-electron chi connectivity index (χ3n) is 5.41. The van der Waals surface area contributed by atoms with E-state index in [4.69, 9.17) is 4.74 Å². The first kappa shape index (κ1) is 13.9. The molecule has 0 aromatic heterocycles. The van der Waals surface area contributed by atoms with E-state index in [1.807, 2.05) is 0 Å². The number of hydrogen-bond acceptors (Lipinski definition) is 2. The molecule has 1 aromatic rings. The van der Waals surface area contributed by atoms with Gasteiger partial charge in [0, 0.05) is 17.5 Å². The maximum absolute atomic E-state index is 5.63. The van der Waals surface area contributed by atoms with Gasteiger partial charge in [-0.1, -0.05) is 31.5 Å². The van der Waals surface area contributed by atoms with Crippen molar-refractivity contribution in [2.45, 2.75) is 50.9 Å². The molecule has 3 rings (SSSR count). The molecule has 20 heavy (non-hydrogen) atoms. The van der Waals surface area contributed by atoms with E-state index in [1.165, 1.54) is 44.1 Å². The van der Waals surface area contributed by atoms with Gasteiger partial charge in [0.1, 0.15) is 5.75 Å². The molecule has 0 bridgehead atoms. The van der Waals surface area contributed by atoms with Crippen LogP contribution in [-0.4, -0.2) is 20.2 Å². The maximum atomic E-state index is 5.63. The van der Waals surface area contributed by atoms with Gasteiger partial charge in [0.2, 0.25) is 0 Å².